The van der Waals surface area contributed by atoms with Gasteiger partial charge in [0, 0.05) is 30.5 Å². The highest BCUT2D eigenvalue weighted by Gasteiger charge is 2.15. The molecule has 0 aromatic heterocycles. The minimum atomic E-state index is 0.239. The molecule has 1 aromatic carbocycles. The summed E-state index contributed by atoms with van der Waals surface area (Å²) in [7, 11) is 0. The van der Waals surface area contributed by atoms with E-state index in [0.29, 0.717) is 18.7 Å². The van der Waals surface area contributed by atoms with E-state index < -0.39 is 0 Å². The van der Waals surface area contributed by atoms with Gasteiger partial charge < -0.3 is 16.0 Å². The summed E-state index contributed by atoms with van der Waals surface area (Å²) in [5, 5.41) is 3.22. The summed E-state index contributed by atoms with van der Waals surface area (Å²) in [6.45, 7) is 2.46. The molecule has 1 saturated heterocycles. The Balaban J connectivity index is 1.78. The lowest BCUT2D eigenvalue weighted by molar-refractivity contribution is -0.131. The number of rotatable bonds is 4. The summed E-state index contributed by atoms with van der Waals surface area (Å²) in [5.74, 6) is 0.239. The lowest BCUT2D eigenvalue weighted by Gasteiger charge is -2.26. The number of nitrogens with two attached hydrogens (primary N) is 1. The normalized spacial score (nSPS) is 15.3. The molecule has 1 fully saturated rings. The molecule has 0 unspecified atom stereocenters. The zero-order valence-corrected chi connectivity index (χ0v) is 12.6. The number of likely N-dealkylation sites (tertiary alicyclic amines) is 1. The smallest absolute Gasteiger partial charge is 0.224 e. The molecule has 5 heteroatoms. The van der Waals surface area contributed by atoms with E-state index in [2.05, 4.69) is 21.2 Å². The van der Waals surface area contributed by atoms with Crippen molar-refractivity contribution in [3.8, 4) is 0 Å². The number of benzene rings is 1. The van der Waals surface area contributed by atoms with Crippen LogP contribution in [0.3, 0.4) is 0 Å². The van der Waals surface area contributed by atoms with Gasteiger partial charge in [0.05, 0.1) is 11.4 Å². The molecule has 0 bridgehead atoms. The van der Waals surface area contributed by atoms with Crippen molar-refractivity contribution in [2.75, 3.05) is 30.7 Å². The van der Waals surface area contributed by atoms with Crippen LogP contribution in [-0.2, 0) is 4.79 Å². The van der Waals surface area contributed by atoms with Gasteiger partial charge in [-0.15, -0.1) is 0 Å². The highest BCUT2D eigenvalue weighted by molar-refractivity contribution is 9.10. The van der Waals surface area contributed by atoms with E-state index in [-0.39, 0.29) is 5.91 Å². The van der Waals surface area contributed by atoms with Crippen molar-refractivity contribution in [3.05, 3.63) is 22.7 Å². The summed E-state index contributed by atoms with van der Waals surface area (Å²) in [4.78, 5) is 13.9. The maximum atomic E-state index is 12.0. The number of carbonyl (C=O) groups is 1. The van der Waals surface area contributed by atoms with Crippen LogP contribution < -0.4 is 11.1 Å². The third kappa shape index (κ3) is 4.13. The van der Waals surface area contributed by atoms with E-state index in [1.54, 1.807) is 0 Å². The fraction of sp³-hybridized carbons (Fsp3) is 0.500. The van der Waals surface area contributed by atoms with Gasteiger partial charge in [0.25, 0.3) is 0 Å². The van der Waals surface area contributed by atoms with Gasteiger partial charge in [-0.25, -0.2) is 0 Å². The Morgan fingerprint density at radius 1 is 1.32 bits per heavy atom. The van der Waals surface area contributed by atoms with E-state index >= 15 is 0 Å². The Morgan fingerprint density at radius 2 is 2.05 bits per heavy atom. The largest absolute Gasteiger partial charge is 0.397 e. The predicted molar refractivity (Wildman–Crippen MR) is 82.1 cm³/mol. The van der Waals surface area contributed by atoms with Crippen LogP contribution in [0.4, 0.5) is 11.4 Å². The summed E-state index contributed by atoms with van der Waals surface area (Å²) in [6.07, 6.45) is 4.05. The molecular weight excluding hydrogens is 306 g/mol. The zero-order chi connectivity index (χ0) is 13.7. The highest BCUT2D eigenvalue weighted by atomic mass is 79.9. The van der Waals surface area contributed by atoms with E-state index in [9.17, 15) is 4.79 Å². The lowest BCUT2D eigenvalue weighted by Crippen LogP contribution is -2.36. The second kappa shape index (κ2) is 6.80. The third-order valence-corrected chi connectivity index (χ3v) is 3.87. The first-order chi connectivity index (χ1) is 9.16. The molecule has 19 heavy (non-hydrogen) atoms. The Hall–Kier alpha value is -1.23. The minimum absolute atomic E-state index is 0.239. The number of amides is 1. The molecule has 2 rings (SSSR count). The molecule has 1 aromatic rings. The summed E-state index contributed by atoms with van der Waals surface area (Å²) in [5.41, 5.74) is 7.47. The van der Waals surface area contributed by atoms with Crippen molar-refractivity contribution in [2.24, 2.45) is 0 Å². The molecule has 0 aliphatic carbocycles. The van der Waals surface area contributed by atoms with E-state index in [1.807, 2.05) is 23.1 Å². The van der Waals surface area contributed by atoms with Crippen LogP contribution >= 0.6 is 15.9 Å². The van der Waals surface area contributed by atoms with Crippen molar-refractivity contribution in [3.63, 3.8) is 0 Å². The van der Waals surface area contributed by atoms with Gasteiger partial charge in [-0.2, -0.15) is 0 Å². The molecular formula is C14H20BrN3O. The number of halogens is 1. The van der Waals surface area contributed by atoms with Crippen molar-refractivity contribution < 1.29 is 4.79 Å². The SMILES string of the molecule is Nc1cc(Br)ccc1NCCC(=O)N1CCCCC1. The van der Waals surface area contributed by atoms with Gasteiger partial charge in [-0.05, 0) is 37.5 Å². The number of nitrogens with one attached hydrogen (secondary N) is 1. The molecule has 104 valence electrons. The maximum absolute atomic E-state index is 12.0. The summed E-state index contributed by atoms with van der Waals surface area (Å²) >= 11 is 3.37. The molecule has 0 radical (unpaired) electrons. The van der Waals surface area contributed by atoms with Crippen LogP contribution in [0.1, 0.15) is 25.7 Å². The fourth-order valence-corrected chi connectivity index (χ4v) is 2.68. The first-order valence-corrected chi connectivity index (χ1v) is 7.53. The Morgan fingerprint density at radius 3 is 2.74 bits per heavy atom. The number of hydrogen-bond donors (Lipinski definition) is 2. The second-order valence-electron chi connectivity index (χ2n) is 4.85. The predicted octanol–water partition coefficient (Wildman–Crippen LogP) is 2.85. The van der Waals surface area contributed by atoms with Gasteiger partial charge in [0.15, 0.2) is 0 Å². The first-order valence-electron chi connectivity index (χ1n) is 6.73. The van der Waals surface area contributed by atoms with Gasteiger partial charge >= 0.3 is 0 Å². The number of nitrogens with zero attached hydrogens (tertiary/aromatic N) is 1. The van der Waals surface area contributed by atoms with E-state index in [1.165, 1.54) is 6.42 Å². The number of piperidine rings is 1. The second-order valence-corrected chi connectivity index (χ2v) is 5.77. The maximum Gasteiger partial charge on any atom is 0.224 e. The molecule has 1 heterocycles. The highest BCUT2D eigenvalue weighted by Crippen LogP contribution is 2.22. The van der Waals surface area contributed by atoms with Crippen LogP contribution in [0.5, 0.6) is 0 Å². The molecule has 3 N–H and O–H groups in total. The number of hydrogen-bond acceptors (Lipinski definition) is 3. The Kier molecular flexibility index (Phi) is 5.07. The Bertz CT molecular complexity index is 444. The molecule has 1 amide bonds. The summed E-state index contributed by atoms with van der Waals surface area (Å²) in [6, 6.07) is 5.71. The van der Waals surface area contributed by atoms with Crippen LogP contribution in [0.15, 0.2) is 22.7 Å². The Labute approximate surface area is 122 Å². The number of anilines is 2. The number of carbonyl (C=O) groups excluding carboxylic acids is 1. The lowest BCUT2D eigenvalue weighted by atomic mass is 10.1. The van der Waals surface area contributed by atoms with E-state index in [4.69, 9.17) is 5.73 Å². The molecule has 1 aliphatic rings. The van der Waals surface area contributed by atoms with Crippen molar-refractivity contribution in [1.29, 1.82) is 0 Å². The summed E-state index contributed by atoms with van der Waals surface area (Å²) < 4.78 is 0.958. The minimum Gasteiger partial charge on any atom is -0.397 e. The van der Waals surface area contributed by atoms with Crippen molar-refractivity contribution in [2.45, 2.75) is 25.7 Å². The number of nitrogen functional groups attached to an aromatic ring is 1. The van der Waals surface area contributed by atoms with Crippen LogP contribution in [0.2, 0.25) is 0 Å². The monoisotopic (exact) mass is 325 g/mol. The molecule has 0 spiro atoms. The first kappa shape index (κ1) is 14.2. The van der Waals surface area contributed by atoms with Crippen molar-refractivity contribution >= 4 is 33.2 Å². The van der Waals surface area contributed by atoms with Gasteiger partial charge in [-0.1, -0.05) is 15.9 Å². The molecule has 1 aliphatic heterocycles. The van der Waals surface area contributed by atoms with Crippen LogP contribution in [0.25, 0.3) is 0 Å². The van der Waals surface area contributed by atoms with Crippen LogP contribution in [-0.4, -0.2) is 30.4 Å². The quantitative estimate of drug-likeness (QED) is 0.837. The zero-order valence-electron chi connectivity index (χ0n) is 11.0. The topological polar surface area (TPSA) is 58.4 Å². The van der Waals surface area contributed by atoms with Crippen molar-refractivity contribution in [1.82, 2.24) is 4.90 Å². The standard InChI is InChI=1S/C14H20BrN3O/c15-11-4-5-13(12(16)10-11)17-7-6-14(19)18-8-2-1-3-9-18/h4-5,10,17H,1-3,6-9,16H2. The van der Waals surface area contributed by atoms with E-state index in [0.717, 1.165) is 36.1 Å². The molecule has 4 nitrogen and oxygen atoms in total. The molecule has 0 saturated carbocycles. The van der Waals surface area contributed by atoms with Gasteiger partial charge in [0.1, 0.15) is 0 Å². The van der Waals surface area contributed by atoms with Gasteiger partial charge in [-0.3, -0.25) is 4.79 Å². The average molecular weight is 326 g/mol. The van der Waals surface area contributed by atoms with Crippen LogP contribution in [0, 0.1) is 0 Å². The third-order valence-electron chi connectivity index (χ3n) is 3.38. The molecule has 0 atom stereocenters. The fourth-order valence-electron chi connectivity index (χ4n) is 2.30. The average Bonchev–Trinajstić information content (AvgIpc) is 2.42. The van der Waals surface area contributed by atoms with Gasteiger partial charge in [0.2, 0.25) is 5.91 Å².